The van der Waals surface area contributed by atoms with Crippen LogP contribution in [0.5, 0.6) is 0 Å². The largest absolute Gasteiger partial charge is 0.299 e. The lowest BCUT2D eigenvalue weighted by Crippen LogP contribution is -2.43. The first kappa shape index (κ1) is 11.7. The number of Topliss-reactive ketones (excluding diaryl/α,β-unsaturated/α-hetero) is 1. The van der Waals surface area contributed by atoms with Gasteiger partial charge in [0.25, 0.3) is 0 Å². The molecule has 3 aliphatic rings. The number of carbonyl (C=O) groups excluding carboxylic acids is 1. The summed E-state index contributed by atoms with van der Waals surface area (Å²) in [6, 6.07) is 0. The Morgan fingerprint density at radius 2 is 1.88 bits per heavy atom. The van der Waals surface area contributed by atoms with E-state index in [4.69, 9.17) is 0 Å². The molecule has 0 spiro atoms. The van der Waals surface area contributed by atoms with E-state index in [-0.39, 0.29) is 5.41 Å². The van der Waals surface area contributed by atoms with E-state index in [1.54, 1.807) is 0 Å². The van der Waals surface area contributed by atoms with Crippen molar-refractivity contribution in [1.29, 1.82) is 0 Å². The van der Waals surface area contributed by atoms with Crippen molar-refractivity contribution in [2.75, 3.05) is 0 Å². The highest BCUT2D eigenvalue weighted by molar-refractivity contribution is 5.86. The summed E-state index contributed by atoms with van der Waals surface area (Å²) in [4.78, 5) is 12.1. The Balaban J connectivity index is 1.92. The molecule has 0 radical (unpaired) electrons. The molecule has 3 aliphatic carbocycles. The lowest BCUT2D eigenvalue weighted by Gasteiger charge is -2.50. The summed E-state index contributed by atoms with van der Waals surface area (Å²) in [6.45, 7) is 9.08. The van der Waals surface area contributed by atoms with Gasteiger partial charge < -0.3 is 0 Å². The maximum atomic E-state index is 12.1. The number of rotatable bonds is 1. The number of hydrogen-bond donors (Lipinski definition) is 0. The molecule has 0 bridgehead atoms. The molecule has 3 saturated carbocycles. The molecule has 1 heteroatoms. The van der Waals surface area contributed by atoms with Crippen molar-refractivity contribution in [1.82, 2.24) is 0 Å². The van der Waals surface area contributed by atoms with E-state index in [1.807, 2.05) is 6.92 Å². The summed E-state index contributed by atoms with van der Waals surface area (Å²) in [5.41, 5.74) is 0.655. The highest BCUT2D eigenvalue weighted by Gasteiger charge is 2.70. The monoisotopic (exact) mass is 234 g/mol. The Bertz CT molecular complexity index is 361. The normalized spacial score (nSPS) is 56.9. The van der Waals surface area contributed by atoms with Gasteiger partial charge in [0.05, 0.1) is 0 Å². The van der Waals surface area contributed by atoms with Crippen LogP contribution in [0.25, 0.3) is 0 Å². The quantitative estimate of drug-likeness (QED) is 0.668. The topological polar surface area (TPSA) is 17.1 Å². The van der Waals surface area contributed by atoms with Gasteiger partial charge in [-0.15, -0.1) is 0 Å². The second-order valence-corrected chi connectivity index (χ2v) is 7.53. The van der Waals surface area contributed by atoms with Gasteiger partial charge in [0, 0.05) is 5.41 Å². The van der Waals surface area contributed by atoms with Gasteiger partial charge in [0.1, 0.15) is 5.78 Å². The predicted octanol–water partition coefficient (Wildman–Crippen LogP) is 4.06. The van der Waals surface area contributed by atoms with Crippen molar-refractivity contribution in [3.05, 3.63) is 0 Å². The van der Waals surface area contributed by atoms with Crippen LogP contribution in [0.3, 0.4) is 0 Å². The number of fused-ring (bicyclic) bond motifs is 2. The SMILES string of the molecule is CC(=O)[C@@]12CC3[C@H](C)CCC[C@]3(C)CC1[C@H]2C. The molecular weight excluding hydrogens is 208 g/mol. The molecule has 0 amide bonds. The second kappa shape index (κ2) is 3.36. The maximum Gasteiger partial charge on any atom is 0.136 e. The van der Waals surface area contributed by atoms with Crippen molar-refractivity contribution < 1.29 is 4.79 Å². The standard InChI is InChI=1S/C16H26O/c1-10-6-5-7-15(4)8-14-11(2)16(14,12(3)17)9-13(10)15/h10-11,13-14H,5-9H2,1-4H3/t10-,11-,13?,14?,15-,16+/m1/s1. The Labute approximate surface area is 105 Å². The highest BCUT2D eigenvalue weighted by Crippen LogP contribution is 2.73. The lowest BCUT2D eigenvalue weighted by molar-refractivity contribution is -0.127. The van der Waals surface area contributed by atoms with Crippen LogP contribution in [0.1, 0.15) is 59.8 Å². The Morgan fingerprint density at radius 3 is 2.53 bits per heavy atom. The van der Waals surface area contributed by atoms with Crippen LogP contribution in [0.4, 0.5) is 0 Å². The van der Waals surface area contributed by atoms with Crippen molar-refractivity contribution in [3.8, 4) is 0 Å². The molecule has 17 heavy (non-hydrogen) atoms. The predicted molar refractivity (Wildman–Crippen MR) is 69.6 cm³/mol. The third-order valence-electron chi connectivity index (χ3n) is 6.86. The van der Waals surface area contributed by atoms with Crippen molar-refractivity contribution in [2.24, 2.45) is 34.5 Å². The third kappa shape index (κ3) is 1.34. The molecule has 0 aliphatic heterocycles. The molecule has 1 nitrogen and oxygen atoms in total. The van der Waals surface area contributed by atoms with Crippen LogP contribution in [0.2, 0.25) is 0 Å². The third-order valence-corrected chi connectivity index (χ3v) is 6.86. The van der Waals surface area contributed by atoms with Crippen LogP contribution < -0.4 is 0 Å². The number of carbonyl (C=O) groups is 1. The van der Waals surface area contributed by atoms with Gasteiger partial charge in [-0.3, -0.25) is 4.79 Å². The minimum absolute atomic E-state index is 0.107. The van der Waals surface area contributed by atoms with Crippen LogP contribution in [0.15, 0.2) is 0 Å². The molecular formula is C16H26O. The fraction of sp³-hybridized carbons (Fsp3) is 0.938. The van der Waals surface area contributed by atoms with Gasteiger partial charge in [-0.05, 0) is 55.3 Å². The number of hydrogen-bond acceptors (Lipinski definition) is 1. The molecule has 6 atom stereocenters. The first-order valence-corrected chi connectivity index (χ1v) is 7.43. The molecule has 0 aromatic carbocycles. The zero-order valence-corrected chi connectivity index (χ0v) is 11.8. The lowest BCUT2D eigenvalue weighted by atomic mass is 9.55. The summed E-state index contributed by atoms with van der Waals surface area (Å²) in [5.74, 6) is 3.50. The van der Waals surface area contributed by atoms with Crippen molar-refractivity contribution in [2.45, 2.75) is 59.8 Å². The van der Waals surface area contributed by atoms with Gasteiger partial charge in [-0.1, -0.05) is 33.6 Å². The molecule has 3 rings (SSSR count). The van der Waals surface area contributed by atoms with E-state index < -0.39 is 0 Å². The Hall–Kier alpha value is -0.330. The van der Waals surface area contributed by atoms with Crippen molar-refractivity contribution >= 4 is 5.78 Å². The summed E-state index contributed by atoms with van der Waals surface area (Å²) < 4.78 is 0. The first-order chi connectivity index (χ1) is 7.92. The van der Waals surface area contributed by atoms with Gasteiger partial charge in [-0.2, -0.15) is 0 Å². The fourth-order valence-electron chi connectivity index (χ4n) is 5.62. The highest BCUT2D eigenvalue weighted by atomic mass is 16.1. The average Bonchev–Trinajstić information content (AvgIpc) is 2.82. The van der Waals surface area contributed by atoms with Crippen LogP contribution in [-0.2, 0) is 4.79 Å². The minimum Gasteiger partial charge on any atom is -0.299 e. The summed E-state index contributed by atoms with van der Waals surface area (Å²) in [5, 5.41) is 0. The van der Waals surface area contributed by atoms with Crippen molar-refractivity contribution in [3.63, 3.8) is 0 Å². The van der Waals surface area contributed by atoms with Gasteiger partial charge in [0.2, 0.25) is 0 Å². The van der Waals surface area contributed by atoms with Gasteiger partial charge >= 0.3 is 0 Å². The molecule has 0 aromatic heterocycles. The van der Waals surface area contributed by atoms with Crippen LogP contribution in [-0.4, -0.2) is 5.78 Å². The van der Waals surface area contributed by atoms with Gasteiger partial charge in [-0.25, -0.2) is 0 Å². The van der Waals surface area contributed by atoms with E-state index in [0.29, 0.717) is 23.0 Å². The summed E-state index contributed by atoms with van der Waals surface area (Å²) in [6.07, 6.45) is 6.71. The zero-order chi connectivity index (χ0) is 12.4. The van der Waals surface area contributed by atoms with Crippen LogP contribution in [0, 0.1) is 34.5 Å². The fourth-order valence-corrected chi connectivity index (χ4v) is 5.62. The van der Waals surface area contributed by atoms with Crippen LogP contribution >= 0.6 is 0 Å². The minimum atomic E-state index is 0.107. The molecule has 0 heterocycles. The molecule has 0 saturated heterocycles. The van der Waals surface area contributed by atoms with Gasteiger partial charge in [0.15, 0.2) is 0 Å². The zero-order valence-electron chi connectivity index (χ0n) is 11.8. The van der Waals surface area contributed by atoms with E-state index >= 15 is 0 Å². The average molecular weight is 234 g/mol. The van der Waals surface area contributed by atoms with E-state index in [2.05, 4.69) is 20.8 Å². The molecule has 3 fully saturated rings. The van der Waals surface area contributed by atoms with E-state index in [1.165, 1.54) is 32.1 Å². The Morgan fingerprint density at radius 1 is 1.18 bits per heavy atom. The molecule has 0 N–H and O–H groups in total. The smallest absolute Gasteiger partial charge is 0.136 e. The molecule has 96 valence electrons. The Kier molecular flexibility index (Phi) is 2.32. The molecule has 0 aromatic rings. The number of ketones is 1. The van der Waals surface area contributed by atoms with E-state index in [9.17, 15) is 4.79 Å². The summed E-state index contributed by atoms with van der Waals surface area (Å²) in [7, 11) is 0. The van der Waals surface area contributed by atoms with E-state index in [0.717, 1.165) is 11.8 Å². The second-order valence-electron chi connectivity index (χ2n) is 7.53. The molecule has 2 unspecified atom stereocenters. The summed E-state index contributed by atoms with van der Waals surface area (Å²) >= 11 is 0. The maximum absolute atomic E-state index is 12.1. The first-order valence-electron chi connectivity index (χ1n) is 7.43.